The van der Waals surface area contributed by atoms with Gasteiger partial charge in [0.05, 0.1) is 12.2 Å². The van der Waals surface area contributed by atoms with Gasteiger partial charge in [0.1, 0.15) is 5.00 Å². The van der Waals surface area contributed by atoms with Gasteiger partial charge in [-0.2, -0.15) is 11.3 Å². The third-order valence-electron chi connectivity index (χ3n) is 2.26. The van der Waals surface area contributed by atoms with Crippen molar-refractivity contribution in [1.82, 2.24) is 0 Å². The minimum atomic E-state index is -0.269. The maximum atomic E-state index is 11.8. The van der Waals surface area contributed by atoms with Crippen molar-refractivity contribution in [1.29, 1.82) is 0 Å². The van der Waals surface area contributed by atoms with Gasteiger partial charge in [0, 0.05) is 17.5 Å². The first-order valence-electron chi connectivity index (χ1n) is 5.27. The van der Waals surface area contributed by atoms with E-state index in [1.165, 1.54) is 0 Å². The molecule has 17 heavy (non-hydrogen) atoms. The molecule has 0 amide bonds. The van der Waals surface area contributed by atoms with Crippen molar-refractivity contribution in [3.05, 3.63) is 28.5 Å². The molecule has 2 heterocycles. The van der Waals surface area contributed by atoms with Crippen LogP contribution in [0.3, 0.4) is 0 Å². The summed E-state index contributed by atoms with van der Waals surface area (Å²) in [6, 6.07) is 3.93. The Kier molecular flexibility index (Phi) is 3.81. The van der Waals surface area contributed by atoms with Crippen molar-refractivity contribution in [2.24, 2.45) is 0 Å². The Labute approximate surface area is 108 Å². The van der Waals surface area contributed by atoms with E-state index in [-0.39, 0.29) is 5.97 Å². The first kappa shape index (κ1) is 12.1. The lowest BCUT2D eigenvalue weighted by atomic mass is 10.2. The molecule has 2 rings (SSSR count). The van der Waals surface area contributed by atoms with Gasteiger partial charge in [-0.15, -0.1) is 11.3 Å². The Hall–Kier alpha value is -1.33. The molecule has 0 bridgehead atoms. The van der Waals surface area contributed by atoms with Gasteiger partial charge >= 0.3 is 5.97 Å². The summed E-state index contributed by atoms with van der Waals surface area (Å²) >= 11 is 3.21. The zero-order valence-corrected chi connectivity index (χ0v) is 11.3. The van der Waals surface area contributed by atoms with Gasteiger partial charge in [-0.1, -0.05) is 0 Å². The van der Waals surface area contributed by atoms with Crippen molar-refractivity contribution in [3.63, 3.8) is 0 Å². The standard InChI is InChI=1S/C12H13NO2S2/c1-3-15-12(14)9-6-10(17-11(9)13-2)8-4-5-16-7-8/h4-7,13H,3H2,1-2H3. The Balaban J connectivity index is 2.36. The van der Waals surface area contributed by atoms with Crippen LogP contribution in [0, 0.1) is 0 Å². The van der Waals surface area contributed by atoms with E-state index in [1.54, 1.807) is 22.7 Å². The van der Waals surface area contributed by atoms with Crippen LogP contribution in [0.2, 0.25) is 0 Å². The molecule has 5 heteroatoms. The number of carbonyl (C=O) groups excluding carboxylic acids is 1. The molecule has 0 aromatic carbocycles. The van der Waals surface area contributed by atoms with E-state index >= 15 is 0 Å². The average Bonchev–Trinajstić information content (AvgIpc) is 2.97. The van der Waals surface area contributed by atoms with Gasteiger partial charge in [0.25, 0.3) is 0 Å². The number of carbonyl (C=O) groups is 1. The number of hydrogen-bond donors (Lipinski definition) is 1. The molecular formula is C12H13NO2S2. The van der Waals surface area contributed by atoms with Crippen molar-refractivity contribution in [2.75, 3.05) is 19.0 Å². The Bertz CT molecular complexity index is 503. The fourth-order valence-corrected chi connectivity index (χ4v) is 3.21. The molecule has 90 valence electrons. The van der Waals surface area contributed by atoms with Gasteiger partial charge < -0.3 is 10.1 Å². The molecule has 2 aromatic heterocycles. The smallest absolute Gasteiger partial charge is 0.341 e. The molecule has 0 spiro atoms. The van der Waals surface area contributed by atoms with Crippen LogP contribution in [-0.4, -0.2) is 19.6 Å². The summed E-state index contributed by atoms with van der Waals surface area (Å²) in [6.45, 7) is 2.20. The summed E-state index contributed by atoms with van der Waals surface area (Å²) in [5, 5.41) is 7.99. The monoisotopic (exact) mass is 267 g/mol. The van der Waals surface area contributed by atoms with Crippen LogP contribution in [0.5, 0.6) is 0 Å². The molecule has 0 aliphatic rings. The summed E-state index contributed by atoms with van der Waals surface area (Å²) in [7, 11) is 1.81. The highest BCUT2D eigenvalue weighted by atomic mass is 32.1. The predicted molar refractivity (Wildman–Crippen MR) is 73.1 cm³/mol. The highest BCUT2D eigenvalue weighted by molar-refractivity contribution is 7.20. The Morgan fingerprint density at radius 3 is 2.94 bits per heavy atom. The summed E-state index contributed by atoms with van der Waals surface area (Å²) < 4.78 is 5.03. The van der Waals surface area contributed by atoms with Crippen molar-refractivity contribution in [3.8, 4) is 10.4 Å². The SMILES string of the molecule is CCOC(=O)c1cc(-c2ccsc2)sc1NC. The van der Waals surface area contributed by atoms with Crippen LogP contribution in [0.15, 0.2) is 22.9 Å². The molecule has 2 aromatic rings. The van der Waals surface area contributed by atoms with Gasteiger partial charge in [-0.3, -0.25) is 0 Å². The van der Waals surface area contributed by atoms with Gasteiger partial charge in [-0.05, 0) is 29.8 Å². The lowest BCUT2D eigenvalue weighted by molar-refractivity contribution is 0.0528. The second-order valence-electron chi connectivity index (χ2n) is 3.34. The Morgan fingerprint density at radius 2 is 2.35 bits per heavy atom. The van der Waals surface area contributed by atoms with Crippen LogP contribution in [0.25, 0.3) is 10.4 Å². The number of rotatable bonds is 4. The lowest BCUT2D eigenvalue weighted by Gasteiger charge is -2.01. The van der Waals surface area contributed by atoms with Crippen molar-refractivity contribution in [2.45, 2.75) is 6.92 Å². The third kappa shape index (κ3) is 2.50. The number of thiophene rings is 2. The number of anilines is 1. The molecule has 0 aliphatic carbocycles. The molecule has 3 nitrogen and oxygen atoms in total. The maximum absolute atomic E-state index is 11.8. The molecule has 0 saturated carbocycles. The Morgan fingerprint density at radius 1 is 1.53 bits per heavy atom. The highest BCUT2D eigenvalue weighted by Gasteiger charge is 2.17. The first-order valence-corrected chi connectivity index (χ1v) is 7.03. The molecule has 0 fully saturated rings. The maximum Gasteiger partial charge on any atom is 0.341 e. The second kappa shape index (κ2) is 5.33. The van der Waals surface area contributed by atoms with Crippen LogP contribution < -0.4 is 5.32 Å². The van der Waals surface area contributed by atoms with Gasteiger partial charge in [0.15, 0.2) is 0 Å². The zero-order chi connectivity index (χ0) is 12.3. The zero-order valence-electron chi connectivity index (χ0n) is 9.65. The topological polar surface area (TPSA) is 38.3 Å². The van der Waals surface area contributed by atoms with Crippen LogP contribution in [-0.2, 0) is 4.74 Å². The number of hydrogen-bond acceptors (Lipinski definition) is 5. The second-order valence-corrected chi connectivity index (χ2v) is 5.17. The van der Waals surface area contributed by atoms with Crippen LogP contribution >= 0.6 is 22.7 Å². The molecule has 1 N–H and O–H groups in total. The van der Waals surface area contributed by atoms with E-state index in [0.29, 0.717) is 12.2 Å². The van der Waals surface area contributed by atoms with E-state index in [2.05, 4.69) is 10.7 Å². The van der Waals surface area contributed by atoms with Gasteiger partial charge in [0.2, 0.25) is 0 Å². The minimum Gasteiger partial charge on any atom is -0.462 e. The van der Waals surface area contributed by atoms with E-state index in [4.69, 9.17) is 4.74 Å². The largest absolute Gasteiger partial charge is 0.462 e. The molecule has 0 saturated heterocycles. The third-order valence-corrected chi connectivity index (χ3v) is 4.15. The number of nitrogens with one attached hydrogen (secondary N) is 1. The number of esters is 1. The van der Waals surface area contributed by atoms with Crippen LogP contribution in [0.4, 0.5) is 5.00 Å². The fourth-order valence-electron chi connectivity index (χ4n) is 1.48. The predicted octanol–water partition coefficient (Wildman–Crippen LogP) is 3.70. The van der Waals surface area contributed by atoms with E-state index in [1.807, 2.05) is 31.5 Å². The summed E-state index contributed by atoms with van der Waals surface area (Å²) in [5.41, 5.74) is 1.76. The van der Waals surface area contributed by atoms with Crippen molar-refractivity contribution >= 4 is 33.6 Å². The molecule has 0 atom stereocenters. The van der Waals surface area contributed by atoms with Crippen LogP contribution in [0.1, 0.15) is 17.3 Å². The summed E-state index contributed by atoms with van der Waals surface area (Å²) in [5.74, 6) is -0.269. The van der Waals surface area contributed by atoms with E-state index in [9.17, 15) is 4.79 Å². The molecular weight excluding hydrogens is 254 g/mol. The molecule has 0 radical (unpaired) electrons. The van der Waals surface area contributed by atoms with E-state index < -0.39 is 0 Å². The van der Waals surface area contributed by atoms with E-state index in [0.717, 1.165) is 15.4 Å². The van der Waals surface area contributed by atoms with Crippen molar-refractivity contribution < 1.29 is 9.53 Å². The molecule has 0 unspecified atom stereocenters. The molecule has 0 aliphatic heterocycles. The fraction of sp³-hybridized carbons (Fsp3) is 0.250. The lowest BCUT2D eigenvalue weighted by Crippen LogP contribution is -2.05. The number of ether oxygens (including phenoxy) is 1. The normalized spacial score (nSPS) is 10.2. The summed E-state index contributed by atoms with van der Waals surface area (Å²) in [4.78, 5) is 12.8. The quantitative estimate of drug-likeness (QED) is 0.858. The van der Waals surface area contributed by atoms with Gasteiger partial charge in [-0.25, -0.2) is 4.79 Å². The minimum absolute atomic E-state index is 0.269. The average molecular weight is 267 g/mol. The highest BCUT2D eigenvalue weighted by Crippen LogP contribution is 2.36. The first-order chi connectivity index (χ1) is 8.26. The summed E-state index contributed by atoms with van der Waals surface area (Å²) in [6.07, 6.45) is 0.